The molecule has 3 aromatic carbocycles. The quantitative estimate of drug-likeness (QED) is 0.620. The second kappa shape index (κ2) is 8.56. The summed E-state index contributed by atoms with van der Waals surface area (Å²) in [4.78, 5) is 11.8. The van der Waals surface area contributed by atoms with Crippen LogP contribution in [0.25, 0.3) is 0 Å². The Morgan fingerprint density at radius 3 is 2.52 bits per heavy atom. The van der Waals surface area contributed by atoms with Crippen molar-refractivity contribution in [2.24, 2.45) is 5.73 Å². The van der Waals surface area contributed by atoms with Gasteiger partial charge < -0.3 is 15.8 Å². The molecule has 0 aliphatic heterocycles. The summed E-state index contributed by atoms with van der Waals surface area (Å²) < 4.78 is 18.9. The Kier molecular flexibility index (Phi) is 5.94. The number of anilines is 1. The van der Waals surface area contributed by atoms with E-state index in [4.69, 9.17) is 22.1 Å². The minimum atomic E-state index is -0.679. The van der Waals surface area contributed by atoms with Crippen LogP contribution in [0.1, 0.15) is 17.2 Å². The fourth-order valence-corrected chi connectivity index (χ4v) is 2.86. The van der Waals surface area contributed by atoms with E-state index in [9.17, 15) is 9.18 Å². The van der Waals surface area contributed by atoms with Gasteiger partial charge in [0.15, 0.2) is 0 Å². The van der Waals surface area contributed by atoms with Gasteiger partial charge in [0.25, 0.3) is 0 Å². The van der Waals surface area contributed by atoms with Gasteiger partial charge in [-0.1, -0.05) is 54.1 Å². The van der Waals surface area contributed by atoms with Gasteiger partial charge in [-0.25, -0.2) is 4.39 Å². The van der Waals surface area contributed by atoms with Gasteiger partial charge >= 0.3 is 0 Å². The van der Waals surface area contributed by atoms with Crippen molar-refractivity contribution in [2.45, 2.75) is 12.6 Å². The van der Waals surface area contributed by atoms with Crippen LogP contribution < -0.4 is 15.8 Å². The Morgan fingerprint density at radius 2 is 1.85 bits per heavy atom. The Labute approximate surface area is 161 Å². The second-order valence-electron chi connectivity index (χ2n) is 5.95. The molecule has 0 fully saturated rings. The lowest BCUT2D eigenvalue weighted by molar-refractivity contribution is -0.118. The zero-order chi connectivity index (χ0) is 19.2. The Bertz CT molecular complexity index is 934. The monoisotopic (exact) mass is 384 g/mol. The van der Waals surface area contributed by atoms with Crippen LogP contribution >= 0.6 is 11.6 Å². The van der Waals surface area contributed by atoms with Gasteiger partial charge in [0, 0.05) is 5.69 Å². The summed E-state index contributed by atoms with van der Waals surface area (Å²) in [6, 6.07) is 19.7. The molecule has 0 spiro atoms. The highest BCUT2D eigenvalue weighted by molar-refractivity contribution is 6.32. The van der Waals surface area contributed by atoms with E-state index in [0.29, 0.717) is 22.0 Å². The number of primary amides is 1. The zero-order valence-corrected chi connectivity index (χ0v) is 15.1. The standard InChI is InChI=1S/C21H18ClFN2O2/c22-18-12-17(25-20(21(24)26)15-6-2-1-3-7-15)9-10-19(18)27-13-14-5-4-8-16(23)11-14/h1-12,20,25H,13H2,(H2,24,26). The van der Waals surface area contributed by atoms with Gasteiger partial charge in [-0.2, -0.15) is 0 Å². The smallest absolute Gasteiger partial charge is 0.244 e. The van der Waals surface area contributed by atoms with Crippen molar-refractivity contribution in [2.75, 3.05) is 5.32 Å². The van der Waals surface area contributed by atoms with E-state index in [1.807, 2.05) is 30.3 Å². The topological polar surface area (TPSA) is 64.4 Å². The van der Waals surface area contributed by atoms with Crippen LogP contribution in [0.4, 0.5) is 10.1 Å². The molecule has 0 aromatic heterocycles. The predicted molar refractivity (Wildman–Crippen MR) is 104 cm³/mol. The van der Waals surface area contributed by atoms with Crippen LogP contribution in [0, 0.1) is 5.82 Å². The van der Waals surface area contributed by atoms with Crippen LogP contribution in [0.3, 0.4) is 0 Å². The molecule has 3 N–H and O–H groups in total. The molecule has 0 radical (unpaired) electrons. The van der Waals surface area contributed by atoms with E-state index < -0.39 is 11.9 Å². The average Bonchev–Trinajstić information content (AvgIpc) is 2.66. The zero-order valence-electron chi connectivity index (χ0n) is 14.4. The van der Waals surface area contributed by atoms with Gasteiger partial charge in [0.05, 0.1) is 5.02 Å². The number of halogens is 2. The van der Waals surface area contributed by atoms with Crippen LogP contribution in [0.5, 0.6) is 5.75 Å². The molecule has 138 valence electrons. The van der Waals surface area contributed by atoms with Gasteiger partial charge in [-0.3, -0.25) is 4.79 Å². The van der Waals surface area contributed by atoms with Crippen LogP contribution in [-0.4, -0.2) is 5.91 Å². The van der Waals surface area contributed by atoms with Gasteiger partial charge in [0.1, 0.15) is 24.2 Å². The first-order valence-electron chi connectivity index (χ1n) is 8.30. The number of rotatable bonds is 7. The SMILES string of the molecule is NC(=O)C(Nc1ccc(OCc2cccc(F)c2)c(Cl)c1)c1ccccc1. The predicted octanol–water partition coefficient (Wildman–Crippen LogP) is 4.70. The lowest BCUT2D eigenvalue weighted by atomic mass is 10.1. The third-order valence-corrected chi connectivity index (χ3v) is 4.24. The molecule has 3 rings (SSSR count). The summed E-state index contributed by atoms with van der Waals surface area (Å²) in [6.45, 7) is 0.193. The summed E-state index contributed by atoms with van der Waals surface area (Å²) in [5.74, 6) is -0.356. The molecule has 1 amide bonds. The van der Waals surface area contributed by atoms with E-state index in [0.717, 1.165) is 5.56 Å². The number of nitrogens with two attached hydrogens (primary N) is 1. The number of carbonyl (C=O) groups excluding carboxylic acids is 1. The van der Waals surface area contributed by atoms with Crippen molar-refractivity contribution in [1.82, 2.24) is 0 Å². The molecule has 4 nitrogen and oxygen atoms in total. The summed E-state index contributed by atoms with van der Waals surface area (Å²) in [6.07, 6.45) is 0. The number of hydrogen-bond acceptors (Lipinski definition) is 3. The number of carbonyl (C=O) groups is 1. The average molecular weight is 385 g/mol. The minimum absolute atomic E-state index is 0.193. The van der Waals surface area contributed by atoms with Crippen LogP contribution in [-0.2, 0) is 11.4 Å². The first-order valence-corrected chi connectivity index (χ1v) is 8.68. The highest BCUT2D eigenvalue weighted by Gasteiger charge is 2.17. The number of ether oxygens (including phenoxy) is 1. The molecule has 0 heterocycles. The molecule has 6 heteroatoms. The molecule has 0 saturated heterocycles. The van der Waals surface area contributed by atoms with E-state index in [-0.39, 0.29) is 12.4 Å². The Morgan fingerprint density at radius 1 is 1.07 bits per heavy atom. The highest BCUT2D eigenvalue weighted by atomic mass is 35.5. The summed E-state index contributed by atoms with van der Waals surface area (Å²) in [5, 5.41) is 3.45. The molecule has 0 aliphatic carbocycles. The number of benzene rings is 3. The summed E-state index contributed by atoms with van der Waals surface area (Å²) in [7, 11) is 0. The van der Waals surface area contributed by atoms with Crippen molar-refractivity contribution in [3.8, 4) is 5.75 Å². The van der Waals surface area contributed by atoms with Crippen molar-refractivity contribution < 1.29 is 13.9 Å². The molecule has 27 heavy (non-hydrogen) atoms. The molecular weight excluding hydrogens is 367 g/mol. The van der Waals surface area contributed by atoms with Crippen molar-refractivity contribution in [1.29, 1.82) is 0 Å². The van der Waals surface area contributed by atoms with Crippen molar-refractivity contribution in [3.05, 3.63) is 94.8 Å². The third-order valence-electron chi connectivity index (χ3n) is 3.94. The maximum Gasteiger partial charge on any atom is 0.244 e. The van der Waals surface area contributed by atoms with Gasteiger partial charge in [0.2, 0.25) is 5.91 Å². The van der Waals surface area contributed by atoms with E-state index in [1.165, 1.54) is 12.1 Å². The van der Waals surface area contributed by atoms with Crippen molar-refractivity contribution >= 4 is 23.2 Å². The normalized spacial score (nSPS) is 11.6. The Hall–Kier alpha value is -3.05. The molecule has 0 aliphatic rings. The molecule has 3 aromatic rings. The van der Waals surface area contributed by atoms with Gasteiger partial charge in [-0.15, -0.1) is 0 Å². The van der Waals surface area contributed by atoms with Crippen LogP contribution in [0.15, 0.2) is 72.8 Å². The Balaban J connectivity index is 1.71. The fraction of sp³-hybridized carbons (Fsp3) is 0.0952. The number of amides is 1. The maximum atomic E-state index is 13.2. The van der Waals surface area contributed by atoms with Gasteiger partial charge in [-0.05, 0) is 41.5 Å². The largest absolute Gasteiger partial charge is 0.487 e. The lowest BCUT2D eigenvalue weighted by Crippen LogP contribution is -2.27. The maximum absolute atomic E-state index is 13.2. The lowest BCUT2D eigenvalue weighted by Gasteiger charge is -2.18. The second-order valence-corrected chi connectivity index (χ2v) is 6.36. The first kappa shape index (κ1) is 18.7. The van der Waals surface area contributed by atoms with E-state index in [1.54, 1.807) is 30.3 Å². The fourth-order valence-electron chi connectivity index (χ4n) is 2.63. The number of nitrogens with one attached hydrogen (secondary N) is 1. The number of hydrogen-bond donors (Lipinski definition) is 2. The molecule has 1 atom stereocenters. The van der Waals surface area contributed by atoms with E-state index in [2.05, 4.69) is 5.32 Å². The summed E-state index contributed by atoms with van der Waals surface area (Å²) >= 11 is 6.28. The third kappa shape index (κ3) is 4.99. The highest BCUT2D eigenvalue weighted by Crippen LogP contribution is 2.30. The van der Waals surface area contributed by atoms with Crippen LogP contribution in [0.2, 0.25) is 5.02 Å². The first-order chi connectivity index (χ1) is 13.0. The summed E-state index contributed by atoms with van der Waals surface area (Å²) in [5.41, 5.74) is 7.61. The van der Waals surface area contributed by atoms with E-state index >= 15 is 0 Å². The minimum Gasteiger partial charge on any atom is -0.487 e. The molecule has 0 bridgehead atoms. The van der Waals surface area contributed by atoms with Crippen molar-refractivity contribution in [3.63, 3.8) is 0 Å². The molecular formula is C21H18ClFN2O2. The molecule has 0 saturated carbocycles. The molecule has 1 unspecified atom stereocenters.